The molecule has 0 spiro atoms. The zero-order chi connectivity index (χ0) is 23.5. The Morgan fingerprint density at radius 2 is 1.46 bits per heavy atom. The summed E-state index contributed by atoms with van der Waals surface area (Å²) in [7, 11) is 0. The SMILES string of the molecule is O=C1C(=Cc2nc3sc(-c4cccs4)nc3n2-c2ccccc2)C(=O)c2cc3ccccc3cc21. The number of rotatable bonds is 3. The number of carbonyl (C=O) groups excluding carboxylic acids is 2. The summed E-state index contributed by atoms with van der Waals surface area (Å²) in [5, 5.41) is 4.79. The smallest absolute Gasteiger partial charge is 0.197 e. The van der Waals surface area contributed by atoms with E-state index in [-0.39, 0.29) is 17.1 Å². The highest BCUT2D eigenvalue weighted by atomic mass is 32.1. The number of hydrogen-bond acceptors (Lipinski definition) is 6. The number of fused-ring (bicyclic) bond motifs is 3. The molecule has 3 heterocycles. The largest absolute Gasteiger partial charge is 0.288 e. The standard InChI is InChI=1S/C28H15N3O2S2/c32-24-19-13-16-7-4-5-8-17(16)14-20(19)25(33)21(24)15-23-29-28-26(31(23)18-9-2-1-3-10-18)30-27(35-28)22-11-6-12-34-22/h1-15H. The van der Waals surface area contributed by atoms with Gasteiger partial charge in [0.1, 0.15) is 10.8 Å². The zero-order valence-electron chi connectivity index (χ0n) is 18.1. The van der Waals surface area contributed by atoms with Crippen LogP contribution in [0.3, 0.4) is 0 Å². The molecule has 7 rings (SSSR count). The van der Waals surface area contributed by atoms with E-state index in [0.29, 0.717) is 22.6 Å². The number of thiazole rings is 1. The molecule has 0 atom stereocenters. The maximum absolute atomic E-state index is 13.3. The number of Topliss-reactive ketones (excluding diaryl/α,β-unsaturated/α-hetero) is 2. The predicted molar refractivity (Wildman–Crippen MR) is 141 cm³/mol. The lowest BCUT2D eigenvalue weighted by Crippen LogP contribution is -2.04. The molecule has 0 fully saturated rings. The molecule has 0 aliphatic heterocycles. The molecule has 0 bridgehead atoms. The van der Waals surface area contributed by atoms with Crippen molar-refractivity contribution in [1.82, 2.24) is 14.5 Å². The molecular formula is C28H15N3O2S2. The molecule has 3 aromatic heterocycles. The van der Waals surface area contributed by atoms with Gasteiger partial charge >= 0.3 is 0 Å². The van der Waals surface area contributed by atoms with Crippen LogP contribution in [0.25, 0.3) is 42.9 Å². The molecule has 166 valence electrons. The lowest BCUT2D eigenvalue weighted by molar-refractivity contribution is 0.0990. The molecule has 0 unspecified atom stereocenters. The summed E-state index contributed by atoms with van der Waals surface area (Å²) in [6.45, 7) is 0. The molecule has 35 heavy (non-hydrogen) atoms. The summed E-state index contributed by atoms with van der Waals surface area (Å²) < 4.78 is 1.91. The first-order chi connectivity index (χ1) is 17.2. The van der Waals surface area contributed by atoms with Gasteiger partial charge in [-0.25, -0.2) is 9.97 Å². The monoisotopic (exact) mass is 489 g/mol. The summed E-state index contributed by atoms with van der Waals surface area (Å²) in [6.07, 6.45) is 1.61. The van der Waals surface area contributed by atoms with Crippen LogP contribution < -0.4 is 0 Å². The van der Waals surface area contributed by atoms with E-state index in [1.54, 1.807) is 17.4 Å². The number of allylic oxidation sites excluding steroid dienone is 1. The average molecular weight is 490 g/mol. The molecule has 1 aliphatic rings. The molecule has 0 N–H and O–H groups in total. The molecule has 0 saturated heterocycles. The van der Waals surface area contributed by atoms with Gasteiger partial charge in [-0.05, 0) is 52.6 Å². The predicted octanol–water partition coefficient (Wildman–Crippen LogP) is 6.83. The minimum absolute atomic E-state index is 0.128. The fraction of sp³-hybridized carbons (Fsp3) is 0. The maximum atomic E-state index is 13.3. The molecule has 1 aliphatic carbocycles. The highest BCUT2D eigenvalue weighted by Crippen LogP contribution is 2.36. The third kappa shape index (κ3) is 3.13. The number of para-hydroxylation sites is 1. The van der Waals surface area contributed by atoms with E-state index in [1.807, 2.05) is 88.8 Å². The Labute approximate surface area is 207 Å². The van der Waals surface area contributed by atoms with Crippen molar-refractivity contribution in [3.05, 3.63) is 107 Å². The Hall–Kier alpha value is -4.20. The van der Waals surface area contributed by atoms with Crippen molar-refractivity contribution in [2.45, 2.75) is 0 Å². The molecule has 0 radical (unpaired) electrons. The van der Waals surface area contributed by atoms with Crippen LogP contribution in [0, 0.1) is 0 Å². The fourth-order valence-corrected chi connectivity index (χ4v) is 6.22. The van der Waals surface area contributed by atoms with Gasteiger partial charge in [0.25, 0.3) is 0 Å². The van der Waals surface area contributed by atoms with E-state index in [1.165, 1.54) is 11.3 Å². The third-order valence-electron chi connectivity index (χ3n) is 6.13. The molecule has 7 heteroatoms. The lowest BCUT2D eigenvalue weighted by Gasteiger charge is -2.06. The van der Waals surface area contributed by atoms with Gasteiger partial charge in [-0.3, -0.25) is 14.2 Å². The second-order valence-electron chi connectivity index (χ2n) is 8.23. The fourth-order valence-electron chi connectivity index (χ4n) is 4.49. The van der Waals surface area contributed by atoms with Crippen molar-refractivity contribution in [3.63, 3.8) is 0 Å². The van der Waals surface area contributed by atoms with E-state index in [0.717, 1.165) is 31.2 Å². The second kappa shape index (κ2) is 7.66. The molecule has 0 amide bonds. The van der Waals surface area contributed by atoms with E-state index in [2.05, 4.69) is 0 Å². The summed E-state index contributed by atoms with van der Waals surface area (Å²) in [6, 6.07) is 25.2. The maximum Gasteiger partial charge on any atom is 0.197 e. The quantitative estimate of drug-likeness (QED) is 0.202. The number of nitrogens with zero attached hydrogens (tertiary/aromatic N) is 3. The number of carbonyl (C=O) groups is 2. The van der Waals surface area contributed by atoms with Crippen molar-refractivity contribution in [3.8, 4) is 15.6 Å². The van der Waals surface area contributed by atoms with Crippen LogP contribution in [0.1, 0.15) is 26.5 Å². The third-order valence-corrected chi connectivity index (χ3v) is 8.11. The van der Waals surface area contributed by atoms with Gasteiger partial charge in [0.05, 0.1) is 10.5 Å². The first-order valence-electron chi connectivity index (χ1n) is 11.0. The van der Waals surface area contributed by atoms with Crippen LogP contribution in [0.5, 0.6) is 0 Å². The normalized spacial score (nSPS) is 13.2. The topological polar surface area (TPSA) is 64.8 Å². The molecular weight excluding hydrogens is 474 g/mol. The summed E-state index contributed by atoms with van der Waals surface area (Å²) in [4.78, 5) is 38.2. The van der Waals surface area contributed by atoms with Crippen LogP contribution in [0.4, 0.5) is 0 Å². The van der Waals surface area contributed by atoms with Crippen molar-refractivity contribution in [2.75, 3.05) is 0 Å². The Kier molecular flexibility index (Phi) is 4.42. The minimum atomic E-state index is -0.269. The van der Waals surface area contributed by atoms with Gasteiger partial charge in [0.2, 0.25) is 0 Å². The van der Waals surface area contributed by atoms with E-state index in [9.17, 15) is 9.59 Å². The van der Waals surface area contributed by atoms with Crippen molar-refractivity contribution in [1.29, 1.82) is 0 Å². The lowest BCUT2D eigenvalue weighted by atomic mass is 10.0. The van der Waals surface area contributed by atoms with Gasteiger partial charge in [-0.15, -0.1) is 11.3 Å². The van der Waals surface area contributed by atoms with Gasteiger partial charge in [-0.1, -0.05) is 59.9 Å². The molecule has 0 saturated carbocycles. The Morgan fingerprint density at radius 3 is 2.11 bits per heavy atom. The summed E-state index contributed by atoms with van der Waals surface area (Å²) in [5.74, 6) is -0.0281. The zero-order valence-corrected chi connectivity index (χ0v) is 19.8. The van der Waals surface area contributed by atoms with E-state index < -0.39 is 0 Å². The highest BCUT2D eigenvalue weighted by Gasteiger charge is 2.34. The number of imidazole rings is 1. The number of ketones is 2. The van der Waals surface area contributed by atoms with Gasteiger partial charge in [-0.2, -0.15) is 0 Å². The highest BCUT2D eigenvalue weighted by molar-refractivity contribution is 7.24. The van der Waals surface area contributed by atoms with Crippen LogP contribution >= 0.6 is 22.7 Å². The number of aromatic nitrogens is 3. The van der Waals surface area contributed by atoms with Crippen LogP contribution in [0.15, 0.2) is 89.8 Å². The van der Waals surface area contributed by atoms with Gasteiger partial charge in [0, 0.05) is 16.8 Å². The van der Waals surface area contributed by atoms with Crippen LogP contribution in [0.2, 0.25) is 0 Å². The minimum Gasteiger partial charge on any atom is -0.288 e. The number of benzene rings is 3. The van der Waals surface area contributed by atoms with Crippen molar-refractivity contribution < 1.29 is 9.59 Å². The Morgan fingerprint density at radius 1 is 0.771 bits per heavy atom. The first-order valence-corrected chi connectivity index (χ1v) is 12.7. The number of hydrogen-bond donors (Lipinski definition) is 0. The van der Waals surface area contributed by atoms with Gasteiger partial charge < -0.3 is 0 Å². The van der Waals surface area contributed by atoms with Crippen molar-refractivity contribution in [2.24, 2.45) is 0 Å². The average Bonchev–Trinajstić information content (AvgIpc) is 3.65. The first kappa shape index (κ1) is 20.2. The molecule has 3 aromatic carbocycles. The van der Waals surface area contributed by atoms with E-state index >= 15 is 0 Å². The van der Waals surface area contributed by atoms with Crippen LogP contribution in [-0.4, -0.2) is 26.1 Å². The summed E-state index contributed by atoms with van der Waals surface area (Å²) >= 11 is 3.13. The van der Waals surface area contributed by atoms with Crippen LogP contribution in [-0.2, 0) is 0 Å². The Balaban J connectivity index is 1.41. The van der Waals surface area contributed by atoms with Crippen molar-refractivity contribution >= 4 is 61.6 Å². The number of thiophene rings is 1. The molecule has 5 nitrogen and oxygen atoms in total. The summed E-state index contributed by atoms with van der Waals surface area (Å²) in [5.41, 5.74) is 2.59. The second-order valence-corrected chi connectivity index (χ2v) is 10.2. The van der Waals surface area contributed by atoms with E-state index in [4.69, 9.17) is 9.97 Å². The Bertz CT molecular complexity index is 1770. The molecule has 6 aromatic rings. The van der Waals surface area contributed by atoms with Gasteiger partial charge in [0.15, 0.2) is 22.0 Å².